The molecule has 0 amide bonds. The molecule has 84 heavy (non-hydrogen) atoms. The summed E-state index contributed by atoms with van der Waals surface area (Å²) in [5, 5.41) is 103. The summed E-state index contributed by atoms with van der Waals surface area (Å²) in [5.74, 6) is -4.21. The van der Waals surface area contributed by atoms with Crippen molar-refractivity contribution in [2.45, 2.75) is 78.1 Å². The van der Waals surface area contributed by atoms with Crippen LogP contribution in [0.3, 0.4) is 0 Å². The van der Waals surface area contributed by atoms with Crippen LogP contribution in [0.15, 0.2) is 24.3 Å². The highest BCUT2D eigenvalue weighted by atomic mass is 31.2. The van der Waals surface area contributed by atoms with Crippen molar-refractivity contribution in [2.24, 2.45) is 0 Å². The van der Waals surface area contributed by atoms with E-state index in [0.717, 1.165) is 0 Å². The topological polar surface area (TPSA) is 237 Å². The van der Waals surface area contributed by atoms with E-state index in [0.29, 0.717) is 227 Å². The zero-order valence-corrected chi connectivity index (χ0v) is 51.8. The number of fused-ring (bicyclic) bond motifs is 8. The summed E-state index contributed by atoms with van der Waals surface area (Å²) in [6, 6.07) is 7.45. The van der Waals surface area contributed by atoms with Gasteiger partial charge in [-0.05, 0) is 64.8 Å². The summed E-state index contributed by atoms with van der Waals surface area (Å²) in [6.45, 7) is 24.7. The predicted octanol–water partition coefficient (Wildman–Crippen LogP) is 7.74. The molecule has 0 saturated carbocycles. The molecule has 460 valence electrons. The summed E-state index contributed by atoms with van der Waals surface area (Å²) in [7, 11) is -5.51. The van der Waals surface area contributed by atoms with Crippen molar-refractivity contribution in [3.05, 3.63) is 91.0 Å². The maximum Gasteiger partial charge on any atom is 0.228 e. The lowest BCUT2D eigenvalue weighted by molar-refractivity contribution is 0.0348. The molecule has 8 N–H and O–H groups in total. The van der Waals surface area contributed by atoms with Gasteiger partial charge < -0.3 is 69.3 Å². The van der Waals surface area contributed by atoms with E-state index >= 15 is 0 Å². The Labute approximate surface area is 496 Å². The molecule has 0 aromatic heterocycles. The second-order valence-corrected chi connectivity index (χ2v) is 30.6. The van der Waals surface area contributed by atoms with Gasteiger partial charge in [-0.3, -0.25) is 0 Å². The lowest BCUT2D eigenvalue weighted by Gasteiger charge is -2.51. The fourth-order valence-corrected chi connectivity index (χ4v) is 25.1. The molecule has 0 spiro atoms. The van der Waals surface area contributed by atoms with Crippen molar-refractivity contribution < 1.29 is 69.3 Å². The van der Waals surface area contributed by atoms with Crippen LogP contribution in [0.25, 0.3) is 0 Å². The van der Waals surface area contributed by atoms with E-state index in [1.807, 2.05) is 38.1 Å². The molecule has 0 atom stereocenters. The highest BCUT2D eigenvalue weighted by molar-refractivity contribution is 7.69. The number of phenolic OH excluding ortho intramolecular Hbond substituents is 8. The molecule has 6 heterocycles. The lowest BCUT2D eigenvalue weighted by Crippen LogP contribution is -2.55. The minimum absolute atomic E-state index is 0.141. The molecule has 0 unspecified atom stereocenters. The van der Waals surface area contributed by atoms with E-state index in [9.17, 15) is 40.9 Å². The van der Waals surface area contributed by atoms with Gasteiger partial charge in [0.1, 0.15) is 58.3 Å². The van der Waals surface area contributed by atoms with Crippen LogP contribution in [0.1, 0.15) is 117 Å². The normalized spacial score (nSPS) is 24.4. The second-order valence-electron chi connectivity index (χ2n) is 23.7. The Balaban J connectivity index is 1.23. The molecule has 6 fully saturated rings. The van der Waals surface area contributed by atoms with Crippen molar-refractivity contribution >= 4 is 15.4 Å². The molecule has 8 bridgehead atoms. The van der Waals surface area contributed by atoms with Crippen LogP contribution in [0.2, 0.25) is 0 Å². The van der Waals surface area contributed by atoms with Crippen LogP contribution in [0, 0.1) is 27.7 Å². The van der Waals surface area contributed by atoms with Crippen molar-refractivity contribution in [3.63, 3.8) is 0 Å². The highest BCUT2D eigenvalue weighted by Gasteiger charge is 2.61. The molecule has 6 aliphatic heterocycles. The SMILES string of the molecule is CCC1c2cc(c(O)c(C)c2O)C(C[P+](N2CCOCC2)(N2CCOCC2)N2CCOCC2)c2cc(c(O)c(C)c2O)C(CC)c2cc(c(O)c(C)c2O)C(C[P+](N2CCOCC2)(N2CCOCC2)N2CCOCC2)c2cc1c(O)c(C)c2O. The fraction of sp³-hybridized carbons (Fsp3) is 0.613. The molecule has 20 nitrogen and oxygen atoms in total. The largest absolute Gasteiger partial charge is 0.507 e. The van der Waals surface area contributed by atoms with Crippen LogP contribution in [-0.2, 0) is 28.4 Å². The zero-order chi connectivity index (χ0) is 59.2. The predicted molar refractivity (Wildman–Crippen MR) is 324 cm³/mol. The third-order valence-electron chi connectivity index (χ3n) is 19.6. The van der Waals surface area contributed by atoms with Gasteiger partial charge >= 0.3 is 0 Å². The van der Waals surface area contributed by atoms with E-state index in [4.69, 9.17) is 28.4 Å². The number of phenols is 8. The first-order chi connectivity index (χ1) is 40.6. The molecule has 22 heteroatoms. The molecule has 1 aliphatic carbocycles. The summed E-state index contributed by atoms with van der Waals surface area (Å²) in [5.41, 5.74) is 4.52. The van der Waals surface area contributed by atoms with Gasteiger partial charge in [0.15, 0.2) is 0 Å². The van der Waals surface area contributed by atoms with E-state index < -0.39 is 39.1 Å². The van der Waals surface area contributed by atoms with Crippen molar-refractivity contribution in [1.82, 2.24) is 28.0 Å². The zero-order valence-electron chi connectivity index (χ0n) is 50.0. The highest BCUT2D eigenvalue weighted by Crippen LogP contribution is 2.73. The Hall–Kier alpha value is -4.34. The van der Waals surface area contributed by atoms with Crippen LogP contribution in [-0.4, -0.2) is 239 Å². The van der Waals surface area contributed by atoms with Crippen LogP contribution in [0.5, 0.6) is 46.0 Å². The molecule has 11 rings (SSSR count). The Morgan fingerprint density at radius 3 is 0.607 bits per heavy atom. The number of benzene rings is 4. The first kappa shape index (κ1) is 61.3. The smallest absolute Gasteiger partial charge is 0.228 e. The number of aromatic hydroxyl groups is 8. The third-order valence-corrected chi connectivity index (χ3v) is 29.1. The van der Waals surface area contributed by atoms with E-state index in [1.54, 1.807) is 27.7 Å². The van der Waals surface area contributed by atoms with Crippen molar-refractivity contribution in [3.8, 4) is 46.0 Å². The number of ether oxygens (including phenoxy) is 6. The number of morpholine rings is 6. The Bertz CT molecular complexity index is 2590. The second kappa shape index (κ2) is 25.8. The van der Waals surface area contributed by atoms with Crippen molar-refractivity contribution in [1.29, 1.82) is 0 Å². The maximum atomic E-state index is 13.0. The summed E-state index contributed by atoms with van der Waals surface area (Å²) in [6.07, 6.45) is 1.50. The standard InChI is InChI=1S/C62H88N6O14P2/c1-7-43-45-33-49(59(73)39(3)55(45)69)53(37-83(63-9-21-77-22-10-63,64-11-23-78-24-12-64)65-13-25-79-26-14-65)51-35-47(57(71)41(5)61(51)75)44(8-2)48-36-52(62(76)42(6)58(48)72)54(50-34-46(43)56(70)40(4)60(50)74)38-84(66-15-27-80-28-16-66,67-17-29-81-30-18-67)68-19-31-82-32-20-68/h33-36,43-44,53-54H,7-32,37-38H2,1-6H3,(H6-2,69,70,71,72,73,74,75,76)/p+2. The molecule has 4 aromatic rings. The number of hydrogen-bond acceptors (Lipinski definition) is 20. The van der Waals surface area contributed by atoms with Crippen LogP contribution < -0.4 is 0 Å². The summed E-state index contributed by atoms with van der Waals surface area (Å²) >= 11 is 0. The number of rotatable bonds is 12. The van der Waals surface area contributed by atoms with E-state index in [-0.39, 0.29) is 68.2 Å². The number of nitrogens with zero attached hydrogens (tertiary/aromatic N) is 6. The van der Waals surface area contributed by atoms with Gasteiger partial charge in [0, 0.05) is 78.6 Å². The molecule has 4 aromatic carbocycles. The lowest BCUT2D eigenvalue weighted by atomic mass is 9.77. The average molecular weight is 1210 g/mol. The fourth-order valence-electron chi connectivity index (χ4n) is 15.0. The van der Waals surface area contributed by atoms with Gasteiger partial charge in [-0.15, -0.1) is 28.0 Å². The minimum Gasteiger partial charge on any atom is -0.507 e. The first-order valence-corrected chi connectivity index (χ1v) is 34.2. The van der Waals surface area contributed by atoms with Crippen LogP contribution in [0.4, 0.5) is 0 Å². The molecule has 6 saturated heterocycles. The van der Waals surface area contributed by atoms with Crippen LogP contribution >= 0.6 is 15.4 Å². The van der Waals surface area contributed by atoms with Gasteiger partial charge in [-0.25, -0.2) is 0 Å². The van der Waals surface area contributed by atoms with Gasteiger partial charge in [0.25, 0.3) is 0 Å². The van der Waals surface area contributed by atoms with Gasteiger partial charge in [0.05, 0.1) is 170 Å². The third kappa shape index (κ3) is 10.8. The summed E-state index contributed by atoms with van der Waals surface area (Å²) < 4.78 is 51.9. The summed E-state index contributed by atoms with van der Waals surface area (Å²) in [4.78, 5) is 0. The first-order valence-electron chi connectivity index (χ1n) is 30.5. The molecular formula is C62H90N6O14P2+2. The van der Waals surface area contributed by atoms with E-state index in [1.165, 1.54) is 0 Å². The Kier molecular flexibility index (Phi) is 18.8. The monoisotopic (exact) mass is 1200 g/mol. The quantitative estimate of drug-likeness (QED) is 0.0633. The van der Waals surface area contributed by atoms with Gasteiger partial charge in [-0.2, -0.15) is 0 Å². The molecular weight excluding hydrogens is 1110 g/mol. The van der Waals surface area contributed by atoms with E-state index in [2.05, 4.69) is 28.0 Å². The molecule has 0 radical (unpaired) electrons. The van der Waals surface area contributed by atoms with Gasteiger partial charge in [0.2, 0.25) is 15.4 Å². The Morgan fingerprint density at radius 2 is 0.452 bits per heavy atom. The average Bonchev–Trinajstić information content (AvgIpc) is 2.29. The minimum atomic E-state index is -2.76. The van der Waals surface area contributed by atoms with Crippen molar-refractivity contribution in [2.75, 3.05) is 170 Å². The Morgan fingerprint density at radius 1 is 0.298 bits per heavy atom. The number of hydrogen-bond donors (Lipinski definition) is 8. The maximum absolute atomic E-state index is 13.0. The molecule has 7 aliphatic rings. The van der Waals surface area contributed by atoms with Gasteiger partial charge in [-0.1, -0.05) is 13.8 Å².